The van der Waals surface area contributed by atoms with Crippen LogP contribution in [0.4, 0.5) is 6.01 Å². The zero-order chi connectivity index (χ0) is 14.2. The highest BCUT2D eigenvalue weighted by atomic mass is 16.5. The summed E-state index contributed by atoms with van der Waals surface area (Å²) in [6, 6.07) is 14.8. The van der Waals surface area contributed by atoms with Crippen molar-refractivity contribution in [2.24, 2.45) is 0 Å². The van der Waals surface area contributed by atoms with E-state index in [0.717, 1.165) is 36.4 Å². The van der Waals surface area contributed by atoms with Crippen LogP contribution >= 0.6 is 0 Å². The van der Waals surface area contributed by atoms with Gasteiger partial charge in [0.25, 0.3) is 6.01 Å². The zero-order valence-electron chi connectivity index (χ0n) is 11.9. The molecule has 4 rings (SSSR count). The number of ether oxygens (including phenoxy) is 1. The summed E-state index contributed by atoms with van der Waals surface area (Å²) in [5.41, 5.74) is 4.24. The first-order chi connectivity index (χ1) is 10.3. The first-order valence-electron chi connectivity index (χ1n) is 7.11. The van der Waals surface area contributed by atoms with Crippen LogP contribution in [0.15, 0.2) is 46.9 Å². The number of anilines is 1. The maximum absolute atomic E-state index is 5.78. The molecule has 0 fully saturated rings. The molecule has 3 aromatic rings. The van der Waals surface area contributed by atoms with Crippen molar-refractivity contribution >= 4 is 17.1 Å². The van der Waals surface area contributed by atoms with Crippen molar-refractivity contribution in [3.8, 4) is 5.75 Å². The highest BCUT2D eigenvalue weighted by Crippen LogP contribution is 2.27. The second-order valence-corrected chi connectivity index (χ2v) is 5.36. The molecule has 2 heterocycles. The van der Waals surface area contributed by atoms with Gasteiger partial charge in [-0.3, -0.25) is 0 Å². The number of nitrogens with zero attached hydrogens (tertiary/aromatic N) is 2. The van der Waals surface area contributed by atoms with Gasteiger partial charge in [0, 0.05) is 20.0 Å². The van der Waals surface area contributed by atoms with E-state index in [9.17, 15) is 0 Å². The van der Waals surface area contributed by atoms with E-state index in [1.165, 1.54) is 11.1 Å². The van der Waals surface area contributed by atoms with Crippen LogP contribution in [0.2, 0.25) is 0 Å². The van der Waals surface area contributed by atoms with Gasteiger partial charge in [-0.25, -0.2) is 0 Å². The number of aromatic nitrogens is 1. The fourth-order valence-electron chi connectivity index (χ4n) is 2.70. The molecule has 0 unspecified atom stereocenters. The van der Waals surface area contributed by atoms with Gasteiger partial charge in [0.2, 0.25) is 0 Å². The molecule has 2 aromatic carbocycles. The number of benzene rings is 2. The third kappa shape index (κ3) is 2.23. The first-order valence-corrected chi connectivity index (χ1v) is 7.11. The second kappa shape index (κ2) is 4.81. The van der Waals surface area contributed by atoms with Gasteiger partial charge in [0.15, 0.2) is 5.58 Å². The predicted molar refractivity (Wildman–Crippen MR) is 81.8 cm³/mol. The minimum atomic E-state index is 0.646. The predicted octanol–water partition coefficient (Wildman–Crippen LogP) is 3.40. The Hall–Kier alpha value is -2.49. The molecule has 1 aromatic heterocycles. The quantitative estimate of drug-likeness (QED) is 0.737. The lowest BCUT2D eigenvalue weighted by molar-refractivity contribution is 0.357. The topological polar surface area (TPSA) is 38.5 Å². The lowest BCUT2D eigenvalue weighted by Gasteiger charge is -2.14. The number of hydrogen-bond acceptors (Lipinski definition) is 4. The van der Waals surface area contributed by atoms with Crippen LogP contribution < -0.4 is 9.64 Å². The second-order valence-electron chi connectivity index (χ2n) is 5.36. The molecule has 0 saturated carbocycles. The Kier molecular flexibility index (Phi) is 2.81. The van der Waals surface area contributed by atoms with E-state index in [1.807, 2.05) is 36.2 Å². The molecular formula is C17H16N2O2. The Balaban J connectivity index is 1.58. The van der Waals surface area contributed by atoms with Gasteiger partial charge in [-0.05, 0) is 29.3 Å². The Morgan fingerprint density at radius 2 is 2.10 bits per heavy atom. The molecule has 0 atom stereocenters. The van der Waals surface area contributed by atoms with E-state index in [2.05, 4.69) is 23.2 Å². The molecule has 0 amide bonds. The fourth-order valence-corrected chi connectivity index (χ4v) is 2.70. The smallest absolute Gasteiger partial charge is 0.298 e. The lowest BCUT2D eigenvalue weighted by Crippen LogP contribution is -2.16. The Morgan fingerprint density at radius 1 is 1.19 bits per heavy atom. The summed E-state index contributed by atoms with van der Waals surface area (Å²) in [4.78, 5) is 6.54. The summed E-state index contributed by atoms with van der Waals surface area (Å²) in [7, 11) is 1.99. The number of para-hydroxylation sites is 2. The molecular weight excluding hydrogens is 264 g/mol. The van der Waals surface area contributed by atoms with Crippen molar-refractivity contribution in [2.75, 3.05) is 18.6 Å². The number of hydrogen-bond donors (Lipinski definition) is 0. The largest absolute Gasteiger partial charge is 0.493 e. The standard InChI is InChI=1S/C17H16N2O2/c1-19(17-18-14-4-2-3-5-16(14)21-17)11-12-6-7-15-13(10-12)8-9-20-15/h2-7,10H,8-9,11H2,1H3. The normalized spacial score (nSPS) is 13.2. The van der Waals surface area contributed by atoms with Gasteiger partial charge in [-0.2, -0.15) is 4.98 Å². The Bertz CT molecular complexity index is 761. The van der Waals surface area contributed by atoms with Crippen molar-refractivity contribution in [3.05, 3.63) is 53.6 Å². The third-order valence-electron chi connectivity index (χ3n) is 3.78. The SMILES string of the molecule is CN(Cc1ccc2c(c1)CCO2)c1nc2ccccc2o1. The van der Waals surface area contributed by atoms with E-state index in [1.54, 1.807) is 0 Å². The van der Waals surface area contributed by atoms with Crippen molar-refractivity contribution in [2.45, 2.75) is 13.0 Å². The van der Waals surface area contributed by atoms with Gasteiger partial charge in [-0.1, -0.05) is 24.3 Å². The molecule has 106 valence electrons. The number of oxazole rings is 1. The summed E-state index contributed by atoms with van der Waals surface area (Å²) < 4.78 is 11.3. The average molecular weight is 280 g/mol. The molecule has 0 spiro atoms. The van der Waals surface area contributed by atoms with E-state index in [0.29, 0.717) is 6.01 Å². The molecule has 0 saturated heterocycles. The van der Waals surface area contributed by atoms with E-state index in [4.69, 9.17) is 9.15 Å². The average Bonchev–Trinajstić information content (AvgIpc) is 3.13. The molecule has 0 bridgehead atoms. The highest BCUT2D eigenvalue weighted by Gasteiger charge is 2.14. The fraction of sp³-hybridized carbons (Fsp3) is 0.235. The van der Waals surface area contributed by atoms with Crippen LogP contribution in [-0.4, -0.2) is 18.6 Å². The van der Waals surface area contributed by atoms with Gasteiger partial charge in [0.05, 0.1) is 6.61 Å². The van der Waals surface area contributed by atoms with Crippen molar-refractivity contribution in [1.82, 2.24) is 4.98 Å². The van der Waals surface area contributed by atoms with Crippen molar-refractivity contribution in [3.63, 3.8) is 0 Å². The molecule has 0 aliphatic carbocycles. The van der Waals surface area contributed by atoms with Crippen molar-refractivity contribution < 1.29 is 9.15 Å². The summed E-state index contributed by atoms with van der Waals surface area (Å²) in [6.07, 6.45) is 0.996. The molecule has 0 N–H and O–H groups in total. The number of rotatable bonds is 3. The van der Waals surface area contributed by atoms with Crippen LogP contribution in [0, 0.1) is 0 Å². The maximum Gasteiger partial charge on any atom is 0.298 e. The minimum Gasteiger partial charge on any atom is -0.493 e. The van der Waals surface area contributed by atoms with Crippen LogP contribution in [0.1, 0.15) is 11.1 Å². The molecule has 21 heavy (non-hydrogen) atoms. The van der Waals surface area contributed by atoms with Crippen LogP contribution in [0.25, 0.3) is 11.1 Å². The molecule has 4 nitrogen and oxygen atoms in total. The van der Waals surface area contributed by atoms with Crippen molar-refractivity contribution in [1.29, 1.82) is 0 Å². The van der Waals surface area contributed by atoms with E-state index >= 15 is 0 Å². The summed E-state index contributed by atoms with van der Waals surface area (Å²) >= 11 is 0. The molecule has 0 radical (unpaired) electrons. The first kappa shape index (κ1) is 12.3. The molecule has 1 aliphatic rings. The molecule has 1 aliphatic heterocycles. The van der Waals surface area contributed by atoms with Crippen LogP contribution in [0.5, 0.6) is 5.75 Å². The summed E-state index contributed by atoms with van der Waals surface area (Å²) in [5.74, 6) is 1.02. The third-order valence-corrected chi connectivity index (χ3v) is 3.78. The Labute approximate surface area is 123 Å². The monoisotopic (exact) mass is 280 g/mol. The van der Waals surface area contributed by atoms with Gasteiger partial charge < -0.3 is 14.1 Å². The van der Waals surface area contributed by atoms with Gasteiger partial charge in [-0.15, -0.1) is 0 Å². The lowest BCUT2D eigenvalue weighted by atomic mass is 10.1. The summed E-state index contributed by atoms with van der Waals surface area (Å²) in [5, 5.41) is 0. The van der Waals surface area contributed by atoms with Crippen LogP contribution in [-0.2, 0) is 13.0 Å². The minimum absolute atomic E-state index is 0.646. The highest BCUT2D eigenvalue weighted by molar-refractivity contribution is 5.74. The van der Waals surface area contributed by atoms with Gasteiger partial charge in [0.1, 0.15) is 11.3 Å². The summed E-state index contributed by atoms with van der Waals surface area (Å²) in [6.45, 7) is 1.56. The number of fused-ring (bicyclic) bond motifs is 2. The van der Waals surface area contributed by atoms with E-state index < -0.39 is 0 Å². The zero-order valence-corrected chi connectivity index (χ0v) is 11.9. The van der Waals surface area contributed by atoms with Crippen LogP contribution in [0.3, 0.4) is 0 Å². The van der Waals surface area contributed by atoms with Gasteiger partial charge >= 0.3 is 0 Å². The Morgan fingerprint density at radius 3 is 3.00 bits per heavy atom. The molecule has 4 heteroatoms. The van der Waals surface area contributed by atoms with E-state index in [-0.39, 0.29) is 0 Å². The maximum atomic E-state index is 5.78.